The van der Waals surface area contributed by atoms with Crippen molar-refractivity contribution in [3.05, 3.63) is 29.3 Å². The van der Waals surface area contributed by atoms with E-state index in [9.17, 15) is 4.79 Å². The molecule has 1 aromatic carbocycles. The van der Waals surface area contributed by atoms with E-state index in [0.29, 0.717) is 6.54 Å². The van der Waals surface area contributed by atoms with Gasteiger partial charge in [0.2, 0.25) is 5.91 Å². The molecule has 138 valence electrons. The van der Waals surface area contributed by atoms with Crippen LogP contribution in [0.25, 0.3) is 0 Å². The van der Waals surface area contributed by atoms with Gasteiger partial charge in [0.05, 0.1) is 0 Å². The number of hydrogen-bond donors (Lipinski definition) is 2. The van der Waals surface area contributed by atoms with Gasteiger partial charge < -0.3 is 10.6 Å². The Kier molecular flexibility index (Phi) is 11.8. The molecule has 1 heterocycles. The lowest BCUT2D eigenvalue weighted by atomic mass is 10.1. The third kappa shape index (κ3) is 7.19. The van der Waals surface area contributed by atoms with Crippen LogP contribution >= 0.6 is 36.6 Å². The second-order valence-electron chi connectivity index (χ2n) is 5.99. The predicted octanol–water partition coefficient (Wildman–Crippen LogP) is 3.18. The summed E-state index contributed by atoms with van der Waals surface area (Å²) in [6.45, 7) is 7.95. The number of hydrogen-bond acceptors (Lipinski definition) is 4. The molecule has 1 aromatic rings. The number of benzene rings is 1. The van der Waals surface area contributed by atoms with Gasteiger partial charge in [-0.1, -0.05) is 19.1 Å². The molecule has 0 spiro atoms. The van der Waals surface area contributed by atoms with Gasteiger partial charge in [0, 0.05) is 49.3 Å². The van der Waals surface area contributed by atoms with Crippen LogP contribution in [0.5, 0.6) is 0 Å². The molecule has 0 bridgehead atoms. The molecule has 1 aliphatic heterocycles. The third-order valence-corrected chi connectivity index (χ3v) is 4.97. The molecule has 1 saturated heterocycles. The van der Waals surface area contributed by atoms with Crippen molar-refractivity contribution in [2.45, 2.75) is 20.4 Å². The fraction of sp³-hybridized carbons (Fsp3) is 0.588. The molecule has 1 fully saturated rings. The zero-order valence-electron chi connectivity index (χ0n) is 14.6. The first-order valence-corrected chi connectivity index (χ1v) is 9.10. The Morgan fingerprint density at radius 2 is 1.96 bits per heavy atom. The van der Waals surface area contributed by atoms with Crippen LogP contribution in [0, 0.1) is 12.8 Å². The maximum absolute atomic E-state index is 12.2. The molecule has 1 atom stereocenters. The lowest BCUT2D eigenvalue weighted by molar-refractivity contribution is -0.119. The number of thioether (sulfide) groups is 1. The molecular formula is C17H29Cl2N3OS. The monoisotopic (exact) mass is 393 g/mol. The Bertz CT molecular complexity index is 511. The average molecular weight is 394 g/mol. The smallest absolute Gasteiger partial charge is 0.228 e. The highest BCUT2D eigenvalue weighted by atomic mass is 35.5. The molecular weight excluding hydrogens is 365 g/mol. The minimum absolute atomic E-state index is 0. The van der Waals surface area contributed by atoms with Gasteiger partial charge in [-0.25, -0.2) is 0 Å². The van der Waals surface area contributed by atoms with Gasteiger partial charge in [-0.05, 0) is 31.2 Å². The van der Waals surface area contributed by atoms with Crippen molar-refractivity contribution in [1.29, 1.82) is 0 Å². The van der Waals surface area contributed by atoms with Crippen molar-refractivity contribution in [1.82, 2.24) is 10.2 Å². The highest BCUT2D eigenvalue weighted by Crippen LogP contribution is 2.20. The molecule has 24 heavy (non-hydrogen) atoms. The predicted molar refractivity (Wildman–Crippen MR) is 110 cm³/mol. The quantitative estimate of drug-likeness (QED) is 0.778. The number of carbonyl (C=O) groups is 1. The molecule has 0 aromatic heterocycles. The number of nitrogens with zero attached hydrogens (tertiary/aromatic N) is 1. The van der Waals surface area contributed by atoms with Crippen LogP contribution in [0.1, 0.15) is 18.1 Å². The van der Waals surface area contributed by atoms with Gasteiger partial charge >= 0.3 is 0 Å². The lowest BCUT2D eigenvalue weighted by Gasteiger charge is -2.26. The van der Waals surface area contributed by atoms with Gasteiger partial charge in [-0.2, -0.15) is 11.8 Å². The highest BCUT2D eigenvalue weighted by Gasteiger charge is 2.14. The number of rotatable bonds is 6. The Morgan fingerprint density at radius 1 is 1.29 bits per heavy atom. The minimum atomic E-state index is -0.0350. The van der Waals surface area contributed by atoms with Crippen LogP contribution < -0.4 is 10.6 Å². The summed E-state index contributed by atoms with van der Waals surface area (Å²) >= 11 is 2.03. The van der Waals surface area contributed by atoms with Crippen LogP contribution in [-0.4, -0.2) is 49.0 Å². The van der Waals surface area contributed by atoms with Crippen LogP contribution in [0.4, 0.5) is 5.69 Å². The third-order valence-electron chi connectivity index (χ3n) is 4.03. The van der Waals surface area contributed by atoms with E-state index in [1.807, 2.05) is 32.7 Å². The first kappa shape index (κ1) is 23.5. The second kappa shape index (κ2) is 12.0. The SMILES string of the molecule is CNCC(C)C(=O)Nc1cc(CN2CCSCC2)ccc1C.Cl.Cl. The second-order valence-corrected chi connectivity index (χ2v) is 7.21. The Balaban J connectivity index is 0.00000264. The van der Waals surface area contributed by atoms with Gasteiger partial charge in [0.1, 0.15) is 0 Å². The van der Waals surface area contributed by atoms with E-state index in [1.54, 1.807) is 0 Å². The van der Waals surface area contributed by atoms with E-state index in [-0.39, 0.29) is 36.6 Å². The van der Waals surface area contributed by atoms with Gasteiger partial charge in [-0.15, -0.1) is 24.8 Å². The largest absolute Gasteiger partial charge is 0.326 e. The van der Waals surface area contributed by atoms with E-state index in [0.717, 1.165) is 30.9 Å². The number of nitrogens with one attached hydrogen (secondary N) is 2. The average Bonchev–Trinajstić information content (AvgIpc) is 2.52. The van der Waals surface area contributed by atoms with Crippen LogP contribution in [0.15, 0.2) is 18.2 Å². The van der Waals surface area contributed by atoms with Gasteiger partial charge in [0.15, 0.2) is 0 Å². The number of carbonyl (C=O) groups excluding carboxylic acids is 1. The number of anilines is 1. The number of amides is 1. The summed E-state index contributed by atoms with van der Waals surface area (Å²) in [7, 11) is 1.87. The molecule has 2 rings (SSSR count). The van der Waals surface area contributed by atoms with Crippen LogP contribution in [0.2, 0.25) is 0 Å². The van der Waals surface area contributed by atoms with Crippen molar-refractivity contribution in [2.24, 2.45) is 5.92 Å². The van der Waals surface area contributed by atoms with Crippen LogP contribution in [0.3, 0.4) is 0 Å². The summed E-state index contributed by atoms with van der Waals surface area (Å²) in [6.07, 6.45) is 0. The molecule has 0 radical (unpaired) electrons. The zero-order valence-corrected chi connectivity index (χ0v) is 17.1. The van der Waals surface area contributed by atoms with Gasteiger partial charge in [-0.3, -0.25) is 9.69 Å². The summed E-state index contributed by atoms with van der Waals surface area (Å²) in [5.74, 6) is 2.48. The Labute approximate surface area is 162 Å². The number of halogens is 2. The zero-order chi connectivity index (χ0) is 15.9. The summed E-state index contributed by atoms with van der Waals surface area (Å²) < 4.78 is 0. The maximum Gasteiger partial charge on any atom is 0.228 e. The Hall–Kier alpha value is -0.460. The topological polar surface area (TPSA) is 44.4 Å². The fourth-order valence-corrected chi connectivity index (χ4v) is 3.55. The van der Waals surface area contributed by atoms with E-state index < -0.39 is 0 Å². The molecule has 1 amide bonds. The van der Waals surface area contributed by atoms with Crippen molar-refractivity contribution in [3.8, 4) is 0 Å². The van der Waals surface area contributed by atoms with Crippen molar-refractivity contribution >= 4 is 48.2 Å². The summed E-state index contributed by atoms with van der Waals surface area (Å²) in [5, 5.41) is 6.12. The fourth-order valence-electron chi connectivity index (χ4n) is 2.57. The molecule has 0 aliphatic carbocycles. The molecule has 0 saturated carbocycles. The van der Waals surface area contributed by atoms with Crippen molar-refractivity contribution in [2.75, 3.05) is 43.5 Å². The lowest BCUT2D eigenvalue weighted by Crippen LogP contribution is -2.32. The standard InChI is InChI=1S/C17H27N3OS.2ClH/c1-13-4-5-15(12-20-6-8-22-9-7-20)10-16(13)19-17(21)14(2)11-18-3;;/h4-5,10,14,18H,6-9,11-12H2,1-3H3,(H,19,21);2*1H. The maximum atomic E-state index is 12.2. The summed E-state index contributed by atoms with van der Waals surface area (Å²) in [6, 6.07) is 6.40. The summed E-state index contributed by atoms with van der Waals surface area (Å²) in [5.41, 5.74) is 3.33. The normalized spacial score (nSPS) is 15.8. The molecule has 2 N–H and O–H groups in total. The first-order valence-electron chi connectivity index (χ1n) is 7.95. The van der Waals surface area contributed by atoms with Crippen molar-refractivity contribution in [3.63, 3.8) is 0 Å². The van der Waals surface area contributed by atoms with E-state index in [1.165, 1.54) is 17.1 Å². The van der Waals surface area contributed by atoms with Crippen LogP contribution in [-0.2, 0) is 11.3 Å². The number of aryl methyl sites for hydroxylation is 1. The highest BCUT2D eigenvalue weighted by molar-refractivity contribution is 7.99. The summed E-state index contributed by atoms with van der Waals surface area (Å²) in [4.78, 5) is 14.7. The Morgan fingerprint density at radius 3 is 2.58 bits per heavy atom. The van der Waals surface area contributed by atoms with Gasteiger partial charge in [0.25, 0.3) is 0 Å². The first-order chi connectivity index (χ1) is 10.6. The molecule has 1 unspecified atom stereocenters. The van der Waals surface area contributed by atoms with Crippen molar-refractivity contribution < 1.29 is 4.79 Å². The molecule has 4 nitrogen and oxygen atoms in total. The van der Waals surface area contributed by atoms with E-state index in [2.05, 4.69) is 33.7 Å². The molecule has 7 heteroatoms. The minimum Gasteiger partial charge on any atom is -0.326 e. The van der Waals surface area contributed by atoms with E-state index in [4.69, 9.17) is 0 Å². The molecule has 1 aliphatic rings. The van der Waals surface area contributed by atoms with E-state index >= 15 is 0 Å².